The second-order valence-electron chi connectivity index (χ2n) is 6.66. The smallest absolute Gasteiger partial charge is 0.330 e. The molecule has 24 heavy (non-hydrogen) atoms. The Hall–Kier alpha value is -1.93. The van der Waals surface area contributed by atoms with Gasteiger partial charge in [-0.3, -0.25) is 14.3 Å². The van der Waals surface area contributed by atoms with Gasteiger partial charge < -0.3 is 14.2 Å². The van der Waals surface area contributed by atoms with Gasteiger partial charge in [0.15, 0.2) is 11.2 Å². The molecular formula is C16H25N5O3. The van der Waals surface area contributed by atoms with E-state index in [9.17, 15) is 9.59 Å². The maximum Gasteiger partial charge on any atom is 0.330 e. The van der Waals surface area contributed by atoms with Crippen LogP contribution in [0.25, 0.3) is 11.2 Å². The molecule has 2 aromatic heterocycles. The maximum absolute atomic E-state index is 12.9. The standard InChI is InChI=1S/C16H25N5O3/c1-4-5-6-11(19(2)3)7-21-15(22)13-14(18-16(21)23)17-10-20(13)8-12-9-24-12/h10-12H,4-9H2,1-3H3,(H,18,23). The fraction of sp³-hybridized carbons (Fsp3) is 0.688. The van der Waals surface area contributed by atoms with Gasteiger partial charge in [0.2, 0.25) is 0 Å². The molecule has 0 aliphatic carbocycles. The van der Waals surface area contributed by atoms with Crippen molar-refractivity contribution in [3.63, 3.8) is 0 Å². The average molecular weight is 335 g/mol. The molecule has 8 nitrogen and oxygen atoms in total. The molecule has 2 unspecified atom stereocenters. The fourth-order valence-electron chi connectivity index (χ4n) is 2.95. The molecular weight excluding hydrogens is 310 g/mol. The van der Waals surface area contributed by atoms with E-state index in [1.807, 2.05) is 14.1 Å². The molecule has 132 valence electrons. The van der Waals surface area contributed by atoms with Gasteiger partial charge in [0.05, 0.1) is 25.6 Å². The molecule has 0 radical (unpaired) electrons. The molecule has 1 N–H and O–H groups in total. The number of ether oxygens (including phenoxy) is 1. The van der Waals surface area contributed by atoms with Crippen molar-refractivity contribution in [1.82, 2.24) is 24.0 Å². The van der Waals surface area contributed by atoms with Gasteiger partial charge in [-0.2, -0.15) is 0 Å². The van der Waals surface area contributed by atoms with Crippen LogP contribution in [-0.4, -0.2) is 56.9 Å². The first-order valence-electron chi connectivity index (χ1n) is 8.47. The molecule has 3 heterocycles. The van der Waals surface area contributed by atoms with E-state index in [1.54, 1.807) is 10.9 Å². The van der Waals surface area contributed by atoms with E-state index in [4.69, 9.17) is 4.74 Å². The minimum atomic E-state index is -0.399. The van der Waals surface area contributed by atoms with Crippen LogP contribution < -0.4 is 11.2 Å². The van der Waals surface area contributed by atoms with Crippen molar-refractivity contribution in [1.29, 1.82) is 0 Å². The van der Waals surface area contributed by atoms with Gasteiger partial charge >= 0.3 is 5.69 Å². The third-order valence-corrected chi connectivity index (χ3v) is 4.57. The van der Waals surface area contributed by atoms with E-state index >= 15 is 0 Å². The lowest BCUT2D eigenvalue weighted by Crippen LogP contribution is -2.43. The summed E-state index contributed by atoms with van der Waals surface area (Å²) in [6.45, 7) is 3.81. The summed E-state index contributed by atoms with van der Waals surface area (Å²) >= 11 is 0. The third kappa shape index (κ3) is 3.44. The number of fused-ring (bicyclic) bond motifs is 1. The molecule has 0 spiro atoms. The lowest BCUT2D eigenvalue weighted by atomic mass is 10.1. The largest absolute Gasteiger partial charge is 0.371 e. The molecule has 1 saturated heterocycles. The van der Waals surface area contributed by atoms with Crippen molar-refractivity contribution in [2.24, 2.45) is 0 Å². The van der Waals surface area contributed by atoms with Crippen LogP contribution in [0.4, 0.5) is 0 Å². The van der Waals surface area contributed by atoms with E-state index in [0.717, 1.165) is 19.3 Å². The van der Waals surface area contributed by atoms with E-state index in [1.165, 1.54) is 4.57 Å². The lowest BCUT2D eigenvalue weighted by molar-refractivity contribution is 0.241. The van der Waals surface area contributed by atoms with Crippen molar-refractivity contribution in [3.05, 3.63) is 27.2 Å². The minimum Gasteiger partial charge on any atom is -0.371 e. The number of aromatic amines is 1. The number of H-pyrrole nitrogens is 1. The number of imidazole rings is 1. The van der Waals surface area contributed by atoms with Gasteiger partial charge in [-0.1, -0.05) is 19.8 Å². The molecule has 0 aromatic carbocycles. The highest BCUT2D eigenvalue weighted by Crippen LogP contribution is 2.14. The summed E-state index contributed by atoms with van der Waals surface area (Å²) in [5.74, 6) is 0. The molecule has 0 amide bonds. The van der Waals surface area contributed by atoms with Crippen LogP contribution in [0.15, 0.2) is 15.9 Å². The highest BCUT2D eigenvalue weighted by atomic mass is 16.6. The Labute approximate surface area is 140 Å². The molecule has 8 heteroatoms. The van der Waals surface area contributed by atoms with Gasteiger partial charge in [-0.15, -0.1) is 0 Å². The Morgan fingerprint density at radius 2 is 2.21 bits per heavy atom. The highest BCUT2D eigenvalue weighted by molar-refractivity contribution is 5.69. The molecule has 1 aliphatic heterocycles. The van der Waals surface area contributed by atoms with Gasteiger partial charge in [-0.05, 0) is 20.5 Å². The number of likely N-dealkylation sites (N-methyl/N-ethyl adjacent to an activating group) is 1. The number of nitrogens with zero attached hydrogens (tertiary/aromatic N) is 4. The summed E-state index contributed by atoms with van der Waals surface area (Å²) in [7, 11) is 3.96. The Morgan fingerprint density at radius 1 is 1.46 bits per heavy atom. The summed E-state index contributed by atoms with van der Waals surface area (Å²) in [5, 5.41) is 0. The molecule has 0 saturated carbocycles. The first-order chi connectivity index (χ1) is 11.5. The Kier molecular flexibility index (Phi) is 4.86. The zero-order valence-corrected chi connectivity index (χ0v) is 14.5. The van der Waals surface area contributed by atoms with Crippen LogP contribution in [0.3, 0.4) is 0 Å². The van der Waals surface area contributed by atoms with Crippen molar-refractivity contribution in [3.8, 4) is 0 Å². The Bertz CT molecular complexity index is 815. The quantitative estimate of drug-likeness (QED) is 0.706. The van der Waals surface area contributed by atoms with Crippen LogP contribution in [-0.2, 0) is 17.8 Å². The molecule has 2 atom stereocenters. The van der Waals surface area contributed by atoms with Gasteiger partial charge in [0.1, 0.15) is 0 Å². The highest BCUT2D eigenvalue weighted by Gasteiger charge is 2.25. The van der Waals surface area contributed by atoms with E-state index in [-0.39, 0.29) is 17.7 Å². The number of hydrogen-bond acceptors (Lipinski definition) is 5. The zero-order chi connectivity index (χ0) is 17.3. The molecule has 0 bridgehead atoms. The summed E-state index contributed by atoms with van der Waals surface area (Å²) < 4.78 is 8.31. The summed E-state index contributed by atoms with van der Waals surface area (Å²) in [4.78, 5) is 34.2. The minimum absolute atomic E-state index is 0.140. The topological polar surface area (TPSA) is 88.5 Å². The van der Waals surface area contributed by atoms with E-state index < -0.39 is 5.69 Å². The lowest BCUT2D eigenvalue weighted by Gasteiger charge is -2.24. The van der Waals surface area contributed by atoms with E-state index in [2.05, 4.69) is 21.8 Å². The van der Waals surface area contributed by atoms with Crippen molar-refractivity contribution < 1.29 is 4.74 Å². The van der Waals surface area contributed by atoms with Crippen LogP contribution in [0.5, 0.6) is 0 Å². The number of aromatic nitrogens is 4. The number of unbranched alkanes of at least 4 members (excludes halogenated alkanes) is 1. The number of hydrogen-bond donors (Lipinski definition) is 1. The first kappa shape index (κ1) is 16.9. The number of epoxide rings is 1. The summed E-state index contributed by atoms with van der Waals surface area (Å²) in [6, 6.07) is 0.143. The Morgan fingerprint density at radius 3 is 2.83 bits per heavy atom. The second kappa shape index (κ2) is 6.90. The molecule has 1 aliphatic rings. The van der Waals surface area contributed by atoms with Crippen LogP contribution >= 0.6 is 0 Å². The number of nitrogens with one attached hydrogen (secondary N) is 1. The predicted molar refractivity (Wildman–Crippen MR) is 91.4 cm³/mol. The van der Waals surface area contributed by atoms with Crippen molar-refractivity contribution >= 4 is 11.2 Å². The fourth-order valence-corrected chi connectivity index (χ4v) is 2.95. The van der Waals surface area contributed by atoms with Gasteiger partial charge in [0.25, 0.3) is 5.56 Å². The van der Waals surface area contributed by atoms with Gasteiger partial charge in [0, 0.05) is 12.6 Å². The van der Waals surface area contributed by atoms with Gasteiger partial charge in [-0.25, -0.2) is 9.78 Å². The van der Waals surface area contributed by atoms with Crippen LogP contribution in [0.1, 0.15) is 26.2 Å². The summed E-state index contributed by atoms with van der Waals surface area (Å²) in [6.07, 6.45) is 4.83. The van der Waals surface area contributed by atoms with Crippen LogP contribution in [0, 0.1) is 0 Å². The molecule has 1 fully saturated rings. The zero-order valence-electron chi connectivity index (χ0n) is 14.5. The summed E-state index contributed by atoms with van der Waals surface area (Å²) in [5.41, 5.74) is 0.106. The SMILES string of the molecule is CCCCC(Cn1c(=O)[nH]c2ncn(CC3CO3)c2c1=O)N(C)C. The first-order valence-corrected chi connectivity index (χ1v) is 8.47. The number of rotatable bonds is 8. The second-order valence-corrected chi connectivity index (χ2v) is 6.66. The average Bonchev–Trinajstić information content (AvgIpc) is 3.26. The third-order valence-electron chi connectivity index (χ3n) is 4.57. The monoisotopic (exact) mass is 335 g/mol. The maximum atomic E-state index is 12.9. The predicted octanol–water partition coefficient (Wildman–Crippen LogP) is 0.406. The van der Waals surface area contributed by atoms with Crippen molar-refractivity contribution in [2.75, 3.05) is 20.7 Å². The Balaban J connectivity index is 1.97. The van der Waals surface area contributed by atoms with Crippen LogP contribution in [0.2, 0.25) is 0 Å². The van der Waals surface area contributed by atoms with E-state index in [0.29, 0.717) is 30.9 Å². The van der Waals surface area contributed by atoms with Crippen molar-refractivity contribution in [2.45, 2.75) is 51.4 Å². The molecule has 2 aromatic rings. The normalized spacial score (nSPS) is 18.4. The molecule has 3 rings (SSSR count).